The number of halogens is 2. The molecule has 19 heavy (non-hydrogen) atoms. The Bertz CT molecular complexity index is 684. The molecule has 3 N–H and O–H groups in total. The molecule has 1 heterocycles. The van der Waals surface area contributed by atoms with E-state index in [0.717, 1.165) is 0 Å². The van der Waals surface area contributed by atoms with E-state index in [2.05, 4.69) is 9.97 Å². The van der Waals surface area contributed by atoms with E-state index in [0.29, 0.717) is 12.1 Å². The highest BCUT2D eigenvalue weighted by atomic mass is 32.2. The van der Waals surface area contributed by atoms with E-state index in [1.165, 1.54) is 18.5 Å². The predicted octanol–water partition coefficient (Wildman–Crippen LogP) is 1.14. The number of nitrogens with one attached hydrogen (secondary N) is 1. The predicted molar refractivity (Wildman–Crippen MR) is 63.6 cm³/mol. The fraction of sp³-hybridized carbons (Fsp3) is 0. The molecule has 0 atom stereocenters. The molecule has 0 aliphatic rings. The molecule has 0 radical (unpaired) electrons. The lowest BCUT2D eigenvalue weighted by molar-refractivity contribution is 0.522. The Labute approximate surface area is 107 Å². The second-order valence-electron chi connectivity index (χ2n) is 3.49. The summed E-state index contributed by atoms with van der Waals surface area (Å²) in [7, 11) is -4.47. The molecule has 0 aliphatic heterocycles. The maximum Gasteiger partial charge on any atom is 0.270 e. The second kappa shape index (κ2) is 4.76. The maximum absolute atomic E-state index is 13.5. The molecule has 0 unspecified atom stereocenters. The van der Waals surface area contributed by atoms with Crippen molar-refractivity contribution in [2.75, 3.05) is 10.5 Å². The Balaban J connectivity index is 2.46. The summed E-state index contributed by atoms with van der Waals surface area (Å²) in [5, 5.41) is 0. The Kier molecular flexibility index (Phi) is 3.30. The number of nitrogen functional groups attached to an aromatic ring is 1. The summed E-state index contributed by atoms with van der Waals surface area (Å²) >= 11 is 0. The average Bonchev–Trinajstić information content (AvgIpc) is 2.27. The van der Waals surface area contributed by atoms with Crippen LogP contribution in [0.15, 0.2) is 35.5 Å². The van der Waals surface area contributed by atoms with Crippen molar-refractivity contribution in [3.05, 3.63) is 42.2 Å². The van der Waals surface area contributed by atoms with Gasteiger partial charge in [-0.2, -0.15) is 0 Å². The van der Waals surface area contributed by atoms with E-state index in [1.807, 2.05) is 4.72 Å². The third-order valence-corrected chi connectivity index (χ3v) is 3.46. The highest BCUT2D eigenvalue weighted by Gasteiger charge is 2.25. The lowest BCUT2D eigenvalue weighted by Crippen LogP contribution is -2.18. The van der Waals surface area contributed by atoms with Gasteiger partial charge < -0.3 is 5.73 Å². The van der Waals surface area contributed by atoms with Gasteiger partial charge >= 0.3 is 0 Å². The molecule has 0 fully saturated rings. The molecule has 0 spiro atoms. The van der Waals surface area contributed by atoms with Crippen molar-refractivity contribution in [3.8, 4) is 0 Å². The van der Waals surface area contributed by atoms with Crippen LogP contribution in [0.25, 0.3) is 0 Å². The fourth-order valence-electron chi connectivity index (χ4n) is 1.36. The van der Waals surface area contributed by atoms with E-state index in [1.54, 1.807) is 0 Å². The van der Waals surface area contributed by atoms with Gasteiger partial charge in [-0.25, -0.2) is 31.9 Å². The second-order valence-corrected chi connectivity index (χ2v) is 5.11. The van der Waals surface area contributed by atoms with Crippen molar-refractivity contribution in [2.45, 2.75) is 4.90 Å². The van der Waals surface area contributed by atoms with Gasteiger partial charge in [0.15, 0.2) is 4.90 Å². The van der Waals surface area contributed by atoms with Crippen molar-refractivity contribution in [1.29, 1.82) is 0 Å². The van der Waals surface area contributed by atoms with Crippen LogP contribution in [0.1, 0.15) is 0 Å². The number of nitrogens with zero attached hydrogens (tertiary/aromatic N) is 2. The van der Waals surface area contributed by atoms with Crippen LogP contribution < -0.4 is 10.5 Å². The first-order chi connectivity index (χ1) is 8.90. The van der Waals surface area contributed by atoms with E-state index in [-0.39, 0.29) is 11.6 Å². The molecule has 0 aliphatic carbocycles. The minimum absolute atomic E-state index is 0.218. The lowest BCUT2D eigenvalue weighted by atomic mass is 10.3. The Hall–Kier alpha value is -2.29. The zero-order valence-electron chi connectivity index (χ0n) is 9.34. The van der Waals surface area contributed by atoms with Crippen LogP contribution >= 0.6 is 0 Å². The van der Waals surface area contributed by atoms with Gasteiger partial charge in [-0.1, -0.05) is 0 Å². The number of hydrogen-bond donors (Lipinski definition) is 2. The number of hydrogen-bond acceptors (Lipinski definition) is 5. The molecule has 0 amide bonds. The van der Waals surface area contributed by atoms with Gasteiger partial charge in [0.05, 0.1) is 0 Å². The van der Waals surface area contributed by atoms with E-state index in [9.17, 15) is 17.2 Å². The van der Waals surface area contributed by atoms with Crippen molar-refractivity contribution in [2.24, 2.45) is 0 Å². The van der Waals surface area contributed by atoms with Crippen molar-refractivity contribution >= 4 is 21.7 Å². The molecule has 0 saturated heterocycles. The minimum atomic E-state index is -4.47. The quantitative estimate of drug-likeness (QED) is 0.824. The van der Waals surface area contributed by atoms with E-state index < -0.39 is 26.6 Å². The summed E-state index contributed by atoms with van der Waals surface area (Å²) in [6.07, 6.45) is 2.56. The van der Waals surface area contributed by atoms with Crippen molar-refractivity contribution in [3.63, 3.8) is 0 Å². The third kappa shape index (κ3) is 2.76. The van der Waals surface area contributed by atoms with E-state index in [4.69, 9.17) is 5.73 Å². The molecule has 1 aromatic carbocycles. The molecule has 2 rings (SSSR count). The van der Waals surface area contributed by atoms with Gasteiger partial charge in [0.25, 0.3) is 10.0 Å². The number of nitrogens with two attached hydrogens (primary N) is 1. The molecule has 0 bridgehead atoms. The lowest BCUT2D eigenvalue weighted by Gasteiger charge is -2.08. The SMILES string of the molecule is Nc1cc(F)c(S(=O)(=O)Nc2ncccn2)c(F)c1. The van der Waals surface area contributed by atoms with Gasteiger partial charge in [-0.15, -0.1) is 0 Å². The highest BCUT2D eigenvalue weighted by Crippen LogP contribution is 2.23. The van der Waals surface area contributed by atoms with Crippen molar-refractivity contribution < 1.29 is 17.2 Å². The third-order valence-electron chi connectivity index (χ3n) is 2.08. The number of anilines is 2. The normalized spacial score (nSPS) is 11.3. The number of rotatable bonds is 3. The first-order valence-electron chi connectivity index (χ1n) is 4.94. The largest absolute Gasteiger partial charge is 0.399 e. The Morgan fingerprint density at radius 3 is 2.16 bits per heavy atom. The molecule has 0 saturated carbocycles. The van der Waals surface area contributed by atoms with Crippen LogP contribution in [0, 0.1) is 11.6 Å². The zero-order chi connectivity index (χ0) is 14.0. The first kappa shape index (κ1) is 13.1. The molecule has 6 nitrogen and oxygen atoms in total. The Morgan fingerprint density at radius 1 is 1.11 bits per heavy atom. The van der Waals surface area contributed by atoms with Crippen LogP contribution in [0.3, 0.4) is 0 Å². The molecular formula is C10H8F2N4O2S. The number of sulfonamides is 1. The summed E-state index contributed by atoms with van der Waals surface area (Å²) < 4.78 is 52.6. The highest BCUT2D eigenvalue weighted by molar-refractivity contribution is 7.92. The molecule has 2 aromatic rings. The molecule has 1 aromatic heterocycles. The minimum Gasteiger partial charge on any atom is -0.399 e. The van der Waals surface area contributed by atoms with Crippen LogP contribution in [0.2, 0.25) is 0 Å². The van der Waals surface area contributed by atoms with Crippen molar-refractivity contribution in [1.82, 2.24) is 9.97 Å². The summed E-state index contributed by atoms with van der Waals surface area (Å²) in [5.74, 6) is -2.88. The monoisotopic (exact) mass is 286 g/mol. The van der Waals surface area contributed by atoms with Gasteiger partial charge in [0.2, 0.25) is 5.95 Å². The first-order valence-corrected chi connectivity index (χ1v) is 6.43. The number of aromatic nitrogens is 2. The average molecular weight is 286 g/mol. The summed E-state index contributed by atoms with van der Waals surface area (Å²) in [5.41, 5.74) is 4.99. The summed E-state index contributed by atoms with van der Waals surface area (Å²) in [6.45, 7) is 0. The smallest absolute Gasteiger partial charge is 0.270 e. The fourth-order valence-corrected chi connectivity index (χ4v) is 2.44. The molecule has 100 valence electrons. The Morgan fingerprint density at radius 2 is 1.63 bits per heavy atom. The van der Waals surface area contributed by atoms with Crippen LogP contribution in [-0.4, -0.2) is 18.4 Å². The van der Waals surface area contributed by atoms with Crippen LogP contribution in [-0.2, 0) is 10.0 Å². The van der Waals surface area contributed by atoms with Gasteiger partial charge in [0.1, 0.15) is 11.6 Å². The summed E-state index contributed by atoms with van der Waals surface area (Å²) in [6, 6.07) is 2.88. The summed E-state index contributed by atoms with van der Waals surface area (Å²) in [4.78, 5) is 6.06. The zero-order valence-corrected chi connectivity index (χ0v) is 10.2. The molecule has 9 heteroatoms. The topological polar surface area (TPSA) is 98.0 Å². The van der Waals surface area contributed by atoms with Gasteiger partial charge in [-0.05, 0) is 18.2 Å². The van der Waals surface area contributed by atoms with Crippen LogP contribution in [0.5, 0.6) is 0 Å². The van der Waals surface area contributed by atoms with Crippen LogP contribution in [0.4, 0.5) is 20.4 Å². The maximum atomic E-state index is 13.5. The molecular weight excluding hydrogens is 278 g/mol. The van der Waals surface area contributed by atoms with E-state index >= 15 is 0 Å². The van der Waals surface area contributed by atoms with Gasteiger partial charge in [0, 0.05) is 18.1 Å². The standard InChI is InChI=1S/C10H8F2N4O2S/c11-7-4-6(13)5-8(12)9(7)19(17,18)16-10-14-2-1-3-15-10/h1-5H,13H2,(H,14,15,16). The number of benzene rings is 1. The van der Waals surface area contributed by atoms with Gasteiger partial charge in [-0.3, -0.25) is 0 Å².